The third kappa shape index (κ3) is 10.6. The van der Waals surface area contributed by atoms with E-state index < -0.39 is 0 Å². The first-order chi connectivity index (χ1) is 10.5. The first-order valence-electron chi connectivity index (χ1n) is 8.88. The van der Waals surface area contributed by atoms with E-state index in [0.717, 1.165) is 45.4 Å². The van der Waals surface area contributed by atoms with Crippen LogP contribution in [0.15, 0.2) is 24.3 Å². The van der Waals surface area contributed by atoms with Crippen molar-refractivity contribution in [3.8, 4) is 0 Å². The number of rotatable bonds is 12. The molecular formula is C19H36N2O. The van der Waals surface area contributed by atoms with Gasteiger partial charge in [0.1, 0.15) is 0 Å². The Morgan fingerprint density at radius 2 is 1.73 bits per heavy atom. The second kappa shape index (κ2) is 13.6. The highest BCUT2D eigenvalue weighted by Gasteiger charge is 2.09. The third-order valence-corrected chi connectivity index (χ3v) is 3.72. The van der Waals surface area contributed by atoms with Crippen molar-refractivity contribution < 1.29 is 4.79 Å². The number of carbonyl (C=O) groups is 1. The quantitative estimate of drug-likeness (QED) is 0.436. The molecule has 0 spiro atoms. The van der Waals surface area contributed by atoms with E-state index in [9.17, 15) is 4.79 Å². The summed E-state index contributed by atoms with van der Waals surface area (Å²) in [6.45, 7) is 14.6. The van der Waals surface area contributed by atoms with E-state index in [1.807, 2.05) is 19.1 Å². The van der Waals surface area contributed by atoms with Gasteiger partial charge in [-0.25, -0.2) is 0 Å². The van der Waals surface area contributed by atoms with Gasteiger partial charge in [-0.3, -0.25) is 4.79 Å². The van der Waals surface area contributed by atoms with Crippen molar-refractivity contribution in [2.75, 3.05) is 26.2 Å². The lowest BCUT2D eigenvalue weighted by atomic mass is 10.1. The first-order valence-corrected chi connectivity index (χ1v) is 8.88. The van der Waals surface area contributed by atoms with Gasteiger partial charge in [0, 0.05) is 13.1 Å². The van der Waals surface area contributed by atoms with Crippen LogP contribution in [0.25, 0.3) is 0 Å². The fourth-order valence-corrected chi connectivity index (χ4v) is 2.32. The number of allylic oxidation sites excluding steroid dienone is 2. The smallest absolute Gasteiger partial charge is 0.226 e. The van der Waals surface area contributed by atoms with Crippen LogP contribution in [-0.2, 0) is 4.79 Å². The van der Waals surface area contributed by atoms with Gasteiger partial charge in [0.15, 0.2) is 0 Å². The van der Waals surface area contributed by atoms with Gasteiger partial charge in [-0.2, -0.15) is 0 Å². The molecule has 1 N–H and O–H groups in total. The molecule has 0 fully saturated rings. The number of hydrogen-bond donors (Lipinski definition) is 1. The number of nitrogens with zero attached hydrogens (tertiary/aromatic N) is 1. The minimum absolute atomic E-state index is 0.0265. The lowest BCUT2D eigenvalue weighted by molar-refractivity contribution is -0.123. The monoisotopic (exact) mass is 308 g/mol. The highest BCUT2D eigenvalue weighted by atomic mass is 16.1. The Kier molecular flexibility index (Phi) is 12.9. The van der Waals surface area contributed by atoms with Gasteiger partial charge in [-0.1, -0.05) is 58.9 Å². The lowest BCUT2D eigenvalue weighted by Crippen LogP contribution is -2.33. The molecule has 0 aromatic rings. The summed E-state index contributed by atoms with van der Waals surface area (Å²) in [5.74, 6) is 0.696. The zero-order valence-electron chi connectivity index (χ0n) is 15.3. The summed E-state index contributed by atoms with van der Waals surface area (Å²) in [7, 11) is 0. The van der Waals surface area contributed by atoms with Crippen molar-refractivity contribution >= 4 is 5.91 Å². The Labute approximate surface area is 137 Å². The second-order valence-electron chi connectivity index (χ2n) is 5.98. The normalized spacial score (nSPS) is 14.8. The minimum atomic E-state index is -0.0265. The molecule has 0 radical (unpaired) electrons. The van der Waals surface area contributed by atoms with Crippen LogP contribution < -0.4 is 5.32 Å². The Morgan fingerprint density at radius 1 is 1.09 bits per heavy atom. The molecule has 0 rings (SSSR count). The zero-order chi connectivity index (χ0) is 16.8. The zero-order valence-corrected chi connectivity index (χ0v) is 15.3. The number of carbonyl (C=O) groups excluding carboxylic acids is 1. The van der Waals surface area contributed by atoms with Crippen LogP contribution in [0.1, 0.15) is 53.9 Å². The molecule has 22 heavy (non-hydrogen) atoms. The van der Waals surface area contributed by atoms with Crippen molar-refractivity contribution in [2.45, 2.75) is 53.9 Å². The molecule has 3 nitrogen and oxygen atoms in total. The highest BCUT2D eigenvalue weighted by Crippen LogP contribution is 2.04. The molecule has 0 aromatic carbocycles. The van der Waals surface area contributed by atoms with Gasteiger partial charge in [0.25, 0.3) is 0 Å². The molecule has 0 aliphatic rings. The predicted molar refractivity (Wildman–Crippen MR) is 96.9 cm³/mol. The summed E-state index contributed by atoms with van der Waals surface area (Å²) >= 11 is 0. The molecule has 128 valence electrons. The molecule has 2 unspecified atom stereocenters. The number of amides is 1. The maximum Gasteiger partial charge on any atom is 0.226 e. The standard InChI is InChI=1S/C19H36N2O/c1-6-9-12-17(4)16-21(8-3)15-11-14-20-19(22)18(5)13-10-7-2/h9-10,12-13,17-18H,6-8,11,14-16H2,1-5H3,(H,20,22)/b12-9-,13-10+. The average Bonchev–Trinajstić information content (AvgIpc) is 2.52. The van der Waals surface area contributed by atoms with Gasteiger partial charge in [0.05, 0.1) is 5.92 Å². The Hall–Kier alpha value is -1.09. The highest BCUT2D eigenvalue weighted by molar-refractivity contribution is 5.79. The van der Waals surface area contributed by atoms with Gasteiger partial charge >= 0.3 is 0 Å². The molecule has 0 saturated heterocycles. The van der Waals surface area contributed by atoms with E-state index in [1.165, 1.54) is 0 Å². The van der Waals surface area contributed by atoms with E-state index in [1.54, 1.807) is 0 Å². The molecule has 2 atom stereocenters. The predicted octanol–water partition coefficient (Wildman–Crippen LogP) is 4.02. The fraction of sp³-hybridized carbons (Fsp3) is 0.737. The van der Waals surface area contributed by atoms with E-state index in [4.69, 9.17) is 0 Å². The third-order valence-electron chi connectivity index (χ3n) is 3.72. The van der Waals surface area contributed by atoms with E-state index in [2.05, 4.69) is 50.1 Å². The van der Waals surface area contributed by atoms with Gasteiger partial charge < -0.3 is 10.2 Å². The van der Waals surface area contributed by atoms with Crippen LogP contribution in [0.3, 0.4) is 0 Å². The van der Waals surface area contributed by atoms with E-state index in [0.29, 0.717) is 5.92 Å². The molecule has 0 bridgehead atoms. The molecule has 1 amide bonds. The van der Waals surface area contributed by atoms with Crippen molar-refractivity contribution in [1.29, 1.82) is 0 Å². The first kappa shape index (κ1) is 20.9. The summed E-state index contributed by atoms with van der Waals surface area (Å²) in [6.07, 6.45) is 11.7. The summed E-state index contributed by atoms with van der Waals surface area (Å²) in [5.41, 5.74) is 0. The molecule has 0 heterocycles. The SMILES string of the molecule is CC/C=C\C(C)CN(CC)CCCNC(=O)C(C)/C=C/CC. The van der Waals surface area contributed by atoms with E-state index in [-0.39, 0.29) is 11.8 Å². The van der Waals surface area contributed by atoms with Crippen molar-refractivity contribution in [3.05, 3.63) is 24.3 Å². The Bertz CT molecular complexity index is 336. The van der Waals surface area contributed by atoms with Crippen molar-refractivity contribution in [1.82, 2.24) is 10.2 Å². The van der Waals surface area contributed by atoms with Gasteiger partial charge in [-0.15, -0.1) is 0 Å². The van der Waals surface area contributed by atoms with Crippen LogP contribution >= 0.6 is 0 Å². The maximum atomic E-state index is 11.9. The molecule has 0 aromatic heterocycles. The van der Waals surface area contributed by atoms with E-state index >= 15 is 0 Å². The van der Waals surface area contributed by atoms with Gasteiger partial charge in [0.2, 0.25) is 5.91 Å². The molecular weight excluding hydrogens is 272 g/mol. The average molecular weight is 309 g/mol. The Balaban J connectivity index is 3.93. The van der Waals surface area contributed by atoms with Crippen LogP contribution in [-0.4, -0.2) is 37.0 Å². The largest absolute Gasteiger partial charge is 0.356 e. The second-order valence-corrected chi connectivity index (χ2v) is 5.98. The topological polar surface area (TPSA) is 32.3 Å². The summed E-state index contributed by atoms with van der Waals surface area (Å²) in [6, 6.07) is 0. The van der Waals surface area contributed by atoms with Crippen LogP contribution in [0, 0.1) is 11.8 Å². The summed E-state index contributed by atoms with van der Waals surface area (Å²) < 4.78 is 0. The van der Waals surface area contributed by atoms with Crippen LogP contribution in [0.4, 0.5) is 0 Å². The fourth-order valence-electron chi connectivity index (χ4n) is 2.32. The van der Waals surface area contributed by atoms with Crippen LogP contribution in [0.5, 0.6) is 0 Å². The van der Waals surface area contributed by atoms with Crippen molar-refractivity contribution in [2.24, 2.45) is 11.8 Å². The number of hydrogen-bond acceptors (Lipinski definition) is 2. The molecule has 0 aliphatic carbocycles. The summed E-state index contributed by atoms with van der Waals surface area (Å²) in [5, 5.41) is 3.03. The minimum Gasteiger partial charge on any atom is -0.356 e. The van der Waals surface area contributed by atoms with Gasteiger partial charge in [-0.05, 0) is 38.3 Å². The molecule has 0 saturated carbocycles. The maximum absolute atomic E-state index is 11.9. The lowest BCUT2D eigenvalue weighted by Gasteiger charge is -2.23. The number of nitrogens with one attached hydrogen (secondary N) is 1. The van der Waals surface area contributed by atoms with Crippen molar-refractivity contribution in [3.63, 3.8) is 0 Å². The van der Waals surface area contributed by atoms with Crippen LogP contribution in [0.2, 0.25) is 0 Å². The molecule has 0 aliphatic heterocycles. The summed E-state index contributed by atoms with van der Waals surface area (Å²) in [4.78, 5) is 14.3. The Morgan fingerprint density at radius 3 is 2.32 bits per heavy atom. The molecule has 3 heteroatoms.